The molecule has 0 unspecified atom stereocenters. The average molecular weight is 472 g/mol. The maximum Gasteiger partial charge on any atom is 0.251 e. The molecule has 2 aliphatic rings. The molecule has 0 bridgehead atoms. The van der Waals surface area contributed by atoms with Gasteiger partial charge < -0.3 is 15.4 Å². The molecule has 0 atom stereocenters. The standard InChI is InChI=1S/C26H29N7O2/c1-15(2)35-14-20-13-33-24(27-20)12-21(17-4-3-5-18(10-17)25(34)28-19-8-9-19)29-26(33)30-23-11-22(31-32-23)16-6-7-16/h3-5,10-13,15-16,19H,6-9,14H2,1-2H3,(H,28,34)(H2,29,30,31,32). The third-order valence-electron chi connectivity index (χ3n) is 6.26. The van der Waals surface area contributed by atoms with E-state index in [4.69, 9.17) is 14.7 Å². The van der Waals surface area contributed by atoms with Crippen LogP contribution in [-0.2, 0) is 11.3 Å². The van der Waals surface area contributed by atoms with Gasteiger partial charge in [-0.25, -0.2) is 9.97 Å². The minimum Gasteiger partial charge on any atom is -0.372 e. The molecule has 2 fully saturated rings. The number of imidazole rings is 1. The van der Waals surface area contributed by atoms with Crippen molar-refractivity contribution in [3.05, 3.63) is 59.5 Å². The second-order valence-electron chi connectivity index (χ2n) is 9.72. The number of H-pyrrole nitrogens is 1. The second kappa shape index (κ2) is 8.81. The molecular formula is C26H29N7O2. The molecule has 6 rings (SSSR count). The summed E-state index contributed by atoms with van der Waals surface area (Å²) < 4.78 is 7.68. The molecule has 0 saturated heterocycles. The van der Waals surface area contributed by atoms with E-state index >= 15 is 0 Å². The molecule has 0 spiro atoms. The Morgan fingerprint density at radius 3 is 2.80 bits per heavy atom. The molecule has 35 heavy (non-hydrogen) atoms. The smallest absolute Gasteiger partial charge is 0.251 e. The molecule has 0 aliphatic heterocycles. The van der Waals surface area contributed by atoms with Crippen LogP contribution in [0.5, 0.6) is 0 Å². The third-order valence-corrected chi connectivity index (χ3v) is 6.26. The lowest BCUT2D eigenvalue weighted by Gasteiger charge is -2.10. The summed E-state index contributed by atoms with van der Waals surface area (Å²) in [6.45, 7) is 4.42. The lowest BCUT2D eigenvalue weighted by atomic mass is 10.1. The van der Waals surface area contributed by atoms with Crippen molar-refractivity contribution >= 4 is 23.3 Å². The van der Waals surface area contributed by atoms with Gasteiger partial charge in [0.1, 0.15) is 5.65 Å². The first kappa shape index (κ1) is 21.8. The van der Waals surface area contributed by atoms with Gasteiger partial charge >= 0.3 is 0 Å². The Kier molecular flexibility index (Phi) is 5.49. The molecule has 0 radical (unpaired) electrons. The summed E-state index contributed by atoms with van der Waals surface area (Å²) in [6, 6.07) is 11.8. The van der Waals surface area contributed by atoms with Crippen LogP contribution in [0.4, 0.5) is 11.8 Å². The molecule has 2 saturated carbocycles. The zero-order valence-corrected chi connectivity index (χ0v) is 19.9. The molecule has 3 aromatic heterocycles. The maximum atomic E-state index is 12.6. The summed E-state index contributed by atoms with van der Waals surface area (Å²) in [5.74, 6) is 1.84. The number of amides is 1. The summed E-state index contributed by atoms with van der Waals surface area (Å²) in [7, 11) is 0. The van der Waals surface area contributed by atoms with Gasteiger partial charge in [0.15, 0.2) is 5.82 Å². The topological polar surface area (TPSA) is 109 Å². The number of hydrogen-bond acceptors (Lipinski definition) is 6. The molecule has 4 aromatic rings. The van der Waals surface area contributed by atoms with Crippen molar-refractivity contribution in [3.63, 3.8) is 0 Å². The van der Waals surface area contributed by atoms with E-state index in [1.165, 1.54) is 12.8 Å². The van der Waals surface area contributed by atoms with Crippen LogP contribution in [0.15, 0.2) is 42.6 Å². The fourth-order valence-electron chi connectivity index (χ4n) is 4.03. The lowest BCUT2D eigenvalue weighted by Crippen LogP contribution is -2.25. The Hall–Kier alpha value is -3.72. The number of benzene rings is 1. The van der Waals surface area contributed by atoms with E-state index in [2.05, 4.69) is 20.8 Å². The summed E-state index contributed by atoms with van der Waals surface area (Å²) in [5.41, 5.74) is 4.90. The minimum absolute atomic E-state index is 0.0492. The van der Waals surface area contributed by atoms with Crippen LogP contribution in [0.1, 0.15) is 67.2 Å². The number of nitrogens with zero attached hydrogens (tertiary/aromatic N) is 4. The zero-order chi connectivity index (χ0) is 23.9. The molecule has 3 heterocycles. The van der Waals surface area contributed by atoms with Crippen molar-refractivity contribution in [3.8, 4) is 11.3 Å². The molecule has 9 nitrogen and oxygen atoms in total. The number of hydrogen-bond donors (Lipinski definition) is 3. The molecule has 180 valence electrons. The number of nitrogens with one attached hydrogen (secondary N) is 3. The van der Waals surface area contributed by atoms with Crippen LogP contribution >= 0.6 is 0 Å². The second-order valence-corrected chi connectivity index (χ2v) is 9.72. The highest BCUT2D eigenvalue weighted by molar-refractivity contribution is 5.95. The lowest BCUT2D eigenvalue weighted by molar-refractivity contribution is 0.0638. The number of carbonyl (C=O) groups excluding carboxylic acids is 1. The highest BCUT2D eigenvalue weighted by Gasteiger charge is 2.26. The summed E-state index contributed by atoms with van der Waals surface area (Å²) in [5, 5.41) is 14.0. The summed E-state index contributed by atoms with van der Waals surface area (Å²) in [6.07, 6.45) is 6.55. The van der Waals surface area contributed by atoms with Gasteiger partial charge in [0.05, 0.1) is 24.1 Å². The molecular weight excluding hydrogens is 442 g/mol. The van der Waals surface area contributed by atoms with Crippen molar-refractivity contribution in [2.24, 2.45) is 0 Å². The first-order chi connectivity index (χ1) is 17.0. The van der Waals surface area contributed by atoms with Crippen molar-refractivity contribution in [2.75, 3.05) is 5.32 Å². The first-order valence-corrected chi connectivity index (χ1v) is 12.3. The molecule has 2 aliphatic carbocycles. The van der Waals surface area contributed by atoms with Gasteiger partial charge in [0.25, 0.3) is 5.91 Å². The van der Waals surface area contributed by atoms with E-state index in [0.717, 1.165) is 41.1 Å². The van der Waals surface area contributed by atoms with Gasteiger partial charge in [-0.05, 0) is 51.7 Å². The van der Waals surface area contributed by atoms with Crippen LogP contribution in [0, 0.1) is 0 Å². The van der Waals surface area contributed by atoms with E-state index < -0.39 is 0 Å². The van der Waals surface area contributed by atoms with Crippen molar-refractivity contribution < 1.29 is 9.53 Å². The molecule has 1 amide bonds. The van der Waals surface area contributed by atoms with Crippen molar-refractivity contribution in [2.45, 2.75) is 64.2 Å². The quantitative estimate of drug-likeness (QED) is 0.330. The van der Waals surface area contributed by atoms with Gasteiger partial charge in [-0.15, -0.1) is 0 Å². The average Bonchev–Trinajstić information content (AvgIpc) is 3.77. The van der Waals surface area contributed by atoms with Crippen LogP contribution in [-0.4, -0.2) is 42.6 Å². The number of fused-ring (bicyclic) bond motifs is 1. The Bertz CT molecular complexity index is 1380. The Morgan fingerprint density at radius 1 is 1.17 bits per heavy atom. The van der Waals surface area contributed by atoms with E-state index in [1.54, 1.807) is 0 Å². The normalized spacial score (nSPS) is 15.6. The number of ether oxygens (including phenoxy) is 1. The zero-order valence-electron chi connectivity index (χ0n) is 19.9. The first-order valence-electron chi connectivity index (χ1n) is 12.3. The van der Waals surface area contributed by atoms with E-state index in [9.17, 15) is 4.79 Å². The van der Waals surface area contributed by atoms with Crippen molar-refractivity contribution in [1.82, 2.24) is 29.9 Å². The number of anilines is 2. The highest BCUT2D eigenvalue weighted by Crippen LogP contribution is 2.39. The fourth-order valence-corrected chi connectivity index (χ4v) is 4.03. The number of aromatic amines is 1. The van der Waals surface area contributed by atoms with Crippen LogP contribution in [0.2, 0.25) is 0 Å². The Labute approximate surface area is 203 Å². The fraction of sp³-hybridized carbons (Fsp3) is 0.385. The third kappa shape index (κ3) is 4.90. The van der Waals surface area contributed by atoms with Gasteiger partial charge in [-0.2, -0.15) is 5.10 Å². The monoisotopic (exact) mass is 471 g/mol. The van der Waals surface area contributed by atoms with E-state index in [0.29, 0.717) is 35.9 Å². The van der Waals surface area contributed by atoms with Gasteiger partial charge in [-0.1, -0.05) is 12.1 Å². The summed E-state index contributed by atoms with van der Waals surface area (Å²) in [4.78, 5) is 22.3. The molecule has 1 aromatic carbocycles. The Morgan fingerprint density at radius 2 is 2.03 bits per heavy atom. The minimum atomic E-state index is -0.0492. The van der Waals surface area contributed by atoms with Crippen LogP contribution in [0.25, 0.3) is 16.9 Å². The van der Waals surface area contributed by atoms with Crippen LogP contribution < -0.4 is 10.6 Å². The van der Waals surface area contributed by atoms with E-state index in [-0.39, 0.29) is 12.0 Å². The van der Waals surface area contributed by atoms with E-state index in [1.807, 2.05) is 60.8 Å². The SMILES string of the molecule is CC(C)OCc1cn2c(Nc3cc(C4CC4)[nH]n3)nc(-c3cccc(C(=O)NC4CC4)c3)cc2n1. The maximum absolute atomic E-state index is 12.6. The van der Waals surface area contributed by atoms with Crippen LogP contribution in [0.3, 0.4) is 0 Å². The largest absolute Gasteiger partial charge is 0.372 e. The summed E-state index contributed by atoms with van der Waals surface area (Å²) >= 11 is 0. The van der Waals surface area contributed by atoms with Gasteiger partial charge in [-0.3, -0.25) is 14.3 Å². The number of carbonyl (C=O) groups is 1. The Balaban J connectivity index is 1.36. The van der Waals surface area contributed by atoms with Gasteiger partial charge in [0.2, 0.25) is 5.95 Å². The number of rotatable bonds is 9. The van der Waals surface area contributed by atoms with Gasteiger partial charge in [0, 0.05) is 47.1 Å². The molecule has 3 N–H and O–H groups in total. The molecule has 9 heteroatoms. The van der Waals surface area contributed by atoms with Crippen molar-refractivity contribution in [1.29, 1.82) is 0 Å². The predicted octanol–water partition coefficient (Wildman–Crippen LogP) is 4.56. The number of aromatic nitrogens is 5. The predicted molar refractivity (Wildman–Crippen MR) is 133 cm³/mol. The highest BCUT2D eigenvalue weighted by atomic mass is 16.5.